The van der Waals surface area contributed by atoms with Gasteiger partial charge in [0.05, 0.1) is 5.69 Å². The normalized spacial score (nSPS) is 11.6. The van der Waals surface area contributed by atoms with Gasteiger partial charge in [-0.25, -0.2) is 8.42 Å². The molecule has 0 aliphatic rings. The first kappa shape index (κ1) is 16.3. The molecule has 1 heterocycles. The summed E-state index contributed by atoms with van der Waals surface area (Å²) >= 11 is 7.36. The van der Waals surface area contributed by atoms with Gasteiger partial charge in [0.25, 0.3) is 10.0 Å². The predicted molar refractivity (Wildman–Crippen MR) is 88.7 cm³/mol. The minimum absolute atomic E-state index is 0.320. The highest BCUT2D eigenvalue weighted by Gasteiger charge is 2.20. The van der Waals surface area contributed by atoms with E-state index in [0.717, 1.165) is 16.3 Å². The van der Waals surface area contributed by atoms with E-state index in [4.69, 9.17) is 11.6 Å². The number of rotatable bonds is 6. The van der Waals surface area contributed by atoms with Crippen LogP contribution in [-0.4, -0.2) is 15.0 Å². The summed E-state index contributed by atoms with van der Waals surface area (Å²) in [7, 11) is -3.59. The molecule has 2 N–H and O–H groups in total. The van der Waals surface area contributed by atoms with Crippen LogP contribution < -0.4 is 10.0 Å². The second-order valence-corrected chi connectivity index (χ2v) is 7.96. The summed E-state index contributed by atoms with van der Waals surface area (Å²) in [5.41, 5.74) is 0.460. The van der Waals surface area contributed by atoms with Crippen molar-refractivity contribution in [2.45, 2.75) is 25.3 Å². The SMILES string of the molecule is CCNCc1cc(S(=O)(=O)Nc2cccc(Cl)c2)c(C)s1. The molecule has 7 heteroatoms. The third kappa shape index (κ3) is 4.20. The first-order valence-corrected chi connectivity index (χ1v) is 9.18. The quantitative estimate of drug-likeness (QED) is 0.841. The fourth-order valence-corrected chi connectivity index (χ4v) is 4.73. The maximum atomic E-state index is 12.5. The Morgan fingerprint density at radius 3 is 2.71 bits per heavy atom. The lowest BCUT2D eigenvalue weighted by Crippen LogP contribution is -2.13. The molecule has 4 nitrogen and oxygen atoms in total. The molecule has 1 aromatic carbocycles. The second-order valence-electron chi connectivity index (χ2n) is 4.53. The Bertz CT molecular complexity index is 726. The molecular formula is C14H17ClN2O2S2. The standard InChI is InChI=1S/C14H17ClN2O2S2/c1-3-16-9-13-8-14(10(2)20-13)21(18,19)17-12-6-4-5-11(15)7-12/h4-8,16-17H,3,9H2,1-2H3. The highest BCUT2D eigenvalue weighted by molar-refractivity contribution is 7.93. The zero-order chi connectivity index (χ0) is 15.5. The number of aryl methyl sites for hydroxylation is 1. The van der Waals surface area contributed by atoms with Crippen molar-refractivity contribution in [3.8, 4) is 0 Å². The van der Waals surface area contributed by atoms with Crippen LogP contribution in [0.3, 0.4) is 0 Å². The van der Waals surface area contributed by atoms with E-state index in [2.05, 4.69) is 10.0 Å². The van der Waals surface area contributed by atoms with Crippen LogP contribution in [0.15, 0.2) is 35.2 Å². The molecule has 0 bridgehead atoms. The summed E-state index contributed by atoms with van der Waals surface area (Å²) in [5.74, 6) is 0. The Morgan fingerprint density at radius 2 is 2.05 bits per heavy atom. The van der Waals surface area contributed by atoms with Crippen molar-refractivity contribution in [2.24, 2.45) is 0 Å². The summed E-state index contributed by atoms with van der Waals surface area (Å²) in [6.45, 7) is 5.35. The first-order chi connectivity index (χ1) is 9.92. The van der Waals surface area contributed by atoms with Crippen LogP contribution >= 0.6 is 22.9 Å². The van der Waals surface area contributed by atoms with E-state index in [0.29, 0.717) is 22.2 Å². The van der Waals surface area contributed by atoms with Gasteiger partial charge in [0.15, 0.2) is 0 Å². The van der Waals surface area contributed by atoms with Crippen LogP contribution in [0.1, 0.15) is 16.7 Å². The molecule has 0 aliphatic carbocycles. The van der Waals surface area contributed by atoms with Crippen molar-refractivity contribution < 1.29 is 8.42 Å². The third-order valence-electron chi connectivity index (χ3n) is 2.84. The fourth-order valence-electron chi connectivity index (χ4n) is 1.89. The van der Waals surface area contributed by atoms with Gasteiger partial charge in [0, 0.05) is 21.3 Å². The predicted octanol–water partition coefficient (Wildman–Crippen LogP) is 3.62. The van der Waals surface area contributed by atoms with Gasteiger partial charge < -0.3 is 5.32 Å². The lowest BCUT2D eigenvalue weighted by Gasteiger charge is -2.07. The maximum Gasteiger partial charge on any atom is 0.263 e. The van der Waals surface area contributed by atoms with E-state index >= 15 is 0 Å². The highest BCUT2D eigenvalue weighted by Crippen LogP contribution is 2.28. The van der Waals surface area contributed by atoms with Crippen molar-refractivity contribution in [2.75, 3.05) is 11.3 Å². The number of anilines is 1. The van der Waals surface area contributed by atoms with Crippen molar-refractivity contribution >= 4 is 38.6 Å². The Hall–Kier alpha value is -1.08. The summed E-state index contributed by atoms with van der Waals surface area (Å²) in [5, 5.41) is 3.68. The monoisotopic (exact) mass is 344 g/mol. The van der Waals surface area contributed by atoms with Crippen LogP contribution in [0.25, 0.3) is 0 Å². The van der Waals surface area contributed by atoms with Gasteiger partial charge in [-0.05, 0) is 37.7 Å². The summed E-state index contributed by atoms with van der Waals surface area (Å²) in [6.07, 6.45) is 0. The van der Waals surface area contributed by atoms with Gasteiger partial charge in [0.1, 0.15) is 4.90 Å². The number of hydrogen-bond acceptors (Lipinski definition) is 4. The van der Waals surface area contributed by atoms with Gasteiger partial charge in [-0.15, -0.1) is 11.3 Å². The number of halogens is 1. The summed E-state index contributed by atoms with van der Waals surface area (Å²) in [6, 6.07) is 8.38. The molecule has 2 aromatic rings. The molecule has 2 rings (SSSR count). The van der Waals surface area contributed by atoms with Crippen molar-refractivity contribution in [3.63, 3.8) is 0 Å². The topological polar surface area (TPSA) is 58.2 Å². The molecule has 0 amide bonds. The molecule has 0 fully saturated rings. The van der Waals surface area contributed by atoms with Crippen LogP contribution in [0.5, 0.6) is 0 Å². The Kier molecular flexibility index (Phi) is 5.27. The van der Waals surface area contributed by atoms with Crippen LogP contribution in [-0.2, 0) is 16.6 Å². The average molecular weight is 345 g/mol. The first-order valence-electron chi connectivity index (χ1n) is 6.51. The molecule has 0 saturated heterocycles. The minimum Gasteiger partial charge on any atom is -0.312 e. The molecule has 21 heavy (non-hydrogen) atoms. The number of sulfonamides is 1. The Morgan fingerprint density at radius 1 is 1.29 bits per heavy atom. The molecule has 1 aromatic heterocycles. The molecule has 0 saturated carbocycles. The smallest absolute Gasteiger partial charge is 0.263 e. The van der Waals surface area contributed by atoms with Crippen molar-refractivity contribution in [1.29, 1.82) is 0 Å². The number of nitrogens with one attached hydrogen (secondary N) is 2. The molecule has 0 aliphatic heterocycles. The van der Waals surface area contributed by atoms with E-state index in [1.165, 1.54) is 11.3 Å². The van der Waals surface area contributed by atoms with Crippen LogP contribution in [0, 0.1) is 6.92 Å². The summed E-state index contributed by atoms with van der Waals surface area (Å²) < 4.78 is 27.5. The molecule has 114 valence electrons. The van der Waals surface area contributed by atoms with E-state index < -0.39 is 10.0 Å². The van der Waals surface area contributed by atoms with Gasteiger partial charge in [-0.2, -0.15) is 0 Å². The van der Waals surface area contributed by atoms with E-state index in [9.17, 15) is 8.42 Å². The number of hydrogen-bond donors (Lipinski definition) is 2. The van der Waals surface area contributed by atoms with E-state index in [-0.39, 0.29) is 0 Å². The van der Waals surface area contributed by atoms with E-state index in [1.54, 1.807) is 30.3 Å². The summed E-state index contributed by atoms with van der Waals surface area (Å²) in [4.78, 5) is 2.10. The van der Waals surface area contributed by atoms with Gasteiger partial charge in [-0.1, -0.05) is 24.6 Å². The number of benzene rings is 1. The van der Waals surface area contributed by atoms with Gasteiger partial charge in [-0.3, -0.25) is 4.72 Å². The Balaban J connectivity index is 2.25. The lowest BCUT2D eigenvalue weighted by atomic mass is 10.3. The average Bonchev–Trinajstić information content (AvgIpc) is 2.78. The number of thiophene rings is 1. The van der Waals surface area contributed by atoms with Gasteiger partial charge >= 0.3 is 0 Å². The maximum absolute atomic E-state index is 12.5. The lowest BCUT2D eigenvalue weighted by molar-refractivity contribution is 0.601. The Labute approximate surface area is 134 Å². The molecule has 0 unspecified atom stereocenters. The molecule has 0 atom stereocenters. The fraction of sp³-hybridized carbons (Fsp3) is 0.286. The third-order valence-corrected chi connectivity index (χ3v) is 5.76. The molecule has 0 spiro atoms. The minimum atomic E-state index is -3.59. The largest absolute Gasteiger partial charge is 0.312 e. The van der Waals surface area contributed by atoms with Gasteiger partial charge in [0.2, 0.25) is 0 Å². The molecule has 0 radical (unpaired) electrons. The zero-order valence-corrected chi connectivity index (χ0v) is 14.2. The zero-order valence-electron chi connectivity index (χ0n) is 11.8. The second kappa shape index (κ2) is 6.79. The molecular weight excluding hydrogens is 328 g/mol. The van der Waals surface area contributed by atoms with Crippen molar-refractivity contribution in [3.05, 3.63) is 45.1 Å². The highest BCUT2D eigenvalue weighted by atomic mass is 35.5. The van der Waals surface area contributed by atoms with Crippen molar-refractivity contribution in [1.82, 2.24) is 5.32 Å². The van der Waals surface area contributed by atoms with Crippen LogP contribution in [0.2, 0.25) is 5.02 Å². The van der Waals surface area contributed by atoms with E-state index in [1.807, 2.05) is 13.8 Å². The van der Waals surface area contributed by atoms with Crippen LogP contribution in [0.4, 0.5) is 5.69 Å².